The molecule has 2 bridgehead atoms. The quantitative estimate of drug-likeness (QED) is 0.626. The molecule has 5 rings (SSSR count). The summed E-state index contributed by atoms with van der Waals surface area (Å²) in [7, 11) is 1.81. The van der Waals surface area contributed by atoms with Crippen LogP contribution >= 0.6 is 23.2 Å². The van der Waals surface area contributed by atoms with Gasteiger partial charge in [-0.3, -0.25) is 0 Å². The van der Waals surface area contributed by atoms with E-state index in [0.717, 1.165) is 35.2 Å². The van der Waals surface area contributed by atoms with Crippen LogP contribution in [-0.2, 0) is 4.74 Å². The first-order chi connectivity index (χ1) is 13.2. The van der Waals surface area contributed by atoms with Crippen LogP contribution in [0.5, 0.6) is 0 Å². The van der Waals surface area contributed by atoms with Crippen molar-refractivity contribution in [3.63, 3.8) is 0 Å². The second-order valence-electron chi connectivity index (χ2n) is 7.35. The summed E-state index contributed by atoms with van der Waals surface area (Å²) in [6, 6.07) is 6.84. The van der Waals surface area contributed by atoms with Crippen LogP contribution in [0.15, 0.2) is 36.9 Å². The third kappa shape index (κ3) is 2.80. The maximum Gasteiger partial charge on any atom is 0.131 e. The summed E-state index contributed by atoms with van der Waals surface area (Å²) in [5, 5.41) is 1.98. The largest absolute Gasteiger partial charge is 0.381 e. The van der Waals surface area contributed by atoms with Gasteiger partial charge in [0, 0.05) is 43.0 Å². The lowest BCUT2D eigenvalue weighted by Gasteiger charge is -2.39. The smallest absolute Gasteiger partial charge is 0.131 e. The Labute approximate surface area is 167 Å². The lowest BCUT2D eigenvalue weighted by Crippen LogP contribution is -2.45. The van der Waals surface area contributed by atoms with Gasteiger partial charge in [0.25, 0.3) is 0 Å². The molecule has 2 fully saturated rings. The predicted octanol–water partition coefficient (Wildman–Crippen LogP) is 4.87. The van der Waals surface area contributed by atoms with E-state index in [4.69, 9.17) is 32.9 Å². The van der Waals surface area contributed by atoms with Crippen molar-refractivity contribution in [2.75, 3.05) is 12.0 Å². The van der Waals surface area contributed by atoms with E-state index >= 15 is 0 Å². The van der Waals surface area contributed by atoms with Crippen molar-refractivity contribution in [3.8, 4) is 5.69 Å². The molecule has 2 aliphatic rings. The minimum absolute atomic E-state index is 0.338. The molecular weight excluding hydrogens is 383 g/mol. The number of imidazole rings is 1. The molecule has 2 atom stereocenters. The summed E-state index contributed by atoms with van der Waals surface area (Å²) in [6.45, 7) is 0. The van der Waals surface area contributed by atoms with E-state index in [9.17, 15) is 0 Å². The number of aromatic nitrogens is 3. The molecular formula is C20H20Cl2N4O. The summed E-state index contributed by atoms with van der Waals surface area (Å²) in [5.41, 5.74) is 1.75. The Hall–Kier alpha value is -1.82. The van der Waals surface area contributed by atoms with E-state index in [1.54, 1.807) is 12.5 Å². The number of methoxy groups -OCH3 is 1. The normalized spacial score (nSPS) is 24.7. The number of nitrogens with zero attached hydrogens (tertiary/aromatic N) is 4. The van der Waals surface area contributed by atoms with Gasteiger partial charge in [0.15, 0.2) is 0 Å². The van der Waals surface area contributed by atoms with Gasteiger partial charge in [0.05, 0.1) is 33.7 Å². The number of ether oxygens (including phenoxy) is 1. The van der Waals surface area contributed by atoms with Crippen molar-refractivity contribution in [2.45, 2.75) is 43.9 Å². The van der Waals surface area contributed by atoms with E-state index in [0.29, 0.717) is 28.2 Å². The molecule has 27 heavy (non-hydrogen) atoms. The number of benzene rings is 1. The lowest BCUT2D eigenvalue weighted by atomic mass is 9.99. The first-order valence-electron chi connectivity index (χ1n) is 9.24. The molecule has 0 N–H and O–H groups in total. The van der Waals surface area contributed by atoms with Gasteiger partial charge in [-0.1, -0.05) is 23.2 Å². The van der Waals surface area contributed by atoms with Gasteiger partial charge in [-0.15, -0.1) is 0 Å². The number of piperidine rings is 1. The summed E-state index contributed by atoms with van der Waals surface area (Å²) < 4.78 is 7.65. The van der Waals surface area contributed by atoms with E-state index in [2.05, 4.69) is 16.0 Å². The van der Waals surface area contributed by atoms with Crippen LogP contribution in [0.2, 0.25) is 10.0 Å². The van der Waals surface area contributed by atoms with Gasteiger partial charge < -0.3 is 14.2 Å². The molecule has 4 heterocycles. The van der Waals surface area contributed by atoms with Gasteiger partial charge >= 0.3 is 0 Å². The molecule has 0 spiro atoms. The van der Waals surface area contributed by atoms with Gasteiger partial charge in [-0.25, -0.2) is 9.97 Å². The number of hydrogen-bond donors (Lipinski definition) is 0. The molecule has 7 heteroatoms. The third-order valence-electron chi connectivity index (χ3n) is 5.91. The monoisotopic (exact) mass is 402 g/mol. The molecule has 0 aliphatic carbocycles. The molecule has 2 unspecified atom stereocenters. The van der Waals surface area contributed by atoms with E-state index in [-0.39, 0.29) is 0 Å². The number of pyridine rings is 1. The Morgan fingerprint density at radius 3 is 2.59 bits per heavy atom. The SMILES string of the molecule is COC1CC2CCC(C1)N2c1cc(-n2ccnc2)c2ccc(Cl)c(Cl)c2n1. The van der Waals surface area contributed by atoms with Crippen molar-refractivity contribution >= 4 is 39.9 Å². The molecule has 0 amide bonds. The zero-order valence-corrected chi connectivity index (χ0v) is 16.5. The van der Waals surface area contributed by atoms with Crippen LogP contribution in [0.3, 0.4) is 0 Å². The number of hydrogen-bond acceptors (Lipinski definition) is 4. The second kappa shape index (κ2) is 6.66. The highest BCUT2D eigenvalue weighted by molar-refractivity contribution is 6.45. The average Bonchev–Trinajstić information content (AvgIpc) is 3.30. The van der Waals surface area contributed by atoms with Crippen LogP contribution in [0.1, 0.15) is 25.7 Å². The van der Waals surface area contributed by atoms with Crippen LogP contribution in [0, 0.1) is 0 Å². The van der Waals surface area contributed by atoms with Crippen molar-refractivity contribution in [3.05, 3.63) is 47.0 Å². The number of anilines is 1. The Morgan fingerprint density at radius 2 is 1.93 bits per heavy atom. The Balaban J connectivity index is 1.69. The standard InChI is InChI=1S/C20H20Cl2N4O/c1-27-14-8-12-2-3-13(9-14)26(12)18-10-17(25-7-6-23-11-25)15-4-5-16(21)19(22)20(15)24-18/h4-7,10-14H,2-3,8-9H2,1H3. The van der Waals surface area contributed by atoms with Crippen LogP contribution in [0.4, 0.5) is 5.82 Å². The van der Waals surface area contributed by atoms with Crippen LogP contribution in [-0.4, -0.2) is 39.8 Å². The number of halogens is 2. The maximum atomic E-state index is 6.55. The first-order valence-corrected chi connectivity index (χ1v) is 9.99. The van der Waals surface area contributed by atoms with Crippen molar-refractivity contribution in [1.82, 2.24) is 14.5 Å². The average molecular weight is 403 g/mol. The lowest BCUT2D eigenvalue weighted by molar-refractivity contribution is 0.0682. The summed E-state index contributed by atoms with van der Waals surface area (Å²) in [6.07, 6.45) is 10.3. The van der Waals surface area contributed by atoms with Crippen molar-refractivity contribution in [1.29, 1.82) is 0 Å². The number of rotatable bonds is 3. The topological polar surface area (TPSA) is 43.2 Å². The minimum atomic E-state index is 0.338. The van der Waals surface area contributed by atoms with Gasteiger partial charge in [-0.2, -0.15) is 0 Å². The molecule has 2 aliphatic heterocycles. The van der Waals surface area contributed by atoms with Crippen LogP contribution in [0.25, 0.3) is 16.6 Å². The van der Waals surface area contributed by atoms with Gasteiger partial charge in [0.2, 0.25) is 0 Å². The molecule has 0 saturated carbocycles. The van der Waals surface area contributed by atoms with Gasteiger partial charge in [-0.05, 0) is 37.8 Å². The first kappa shape index (κ1) is 17.3. The zero-order valence-electron chi connectivity index (χ0n) is 15.0. The summed E-state index contributed by atoms with van der Waals surface area (Å²) >= 11 is 12.8. The fraction of sp³-hybridized carbons (Fsp3) is 0.400. The number of fused-ring (bicyclic) bond motifs is 3. The van der Waals surface area contributed by atoms with E-state index in [1.807, 2.05) is 30.0 Å². The highest BCUT2D eigenvalue weighted by Gasteiger charge is 2.41. The fourth-order valence-corrected chi connectivity index (χ4v) is 5.00. The summed E-state index contributed by atoms with van der Waals surface area (Å²) in [4.78, 5) is 11.6. The van der Waals surface area contributed by atoms with E-state index in [1.165, 1.54) is 12.8 Å². The Bertz CT molecular complexity index is 977. The zero-order chi connectivity index (χ0) is 18.5. The Morgan fingerprint density at radius 1 is 1.15 bits per heavy atom. The Kier molecular flexibility index (Phi) is 4.26. The molecule has 140 valence electrons. The molecule has 1 aromatic carbocycles. The molecule has 2 aromatic heterocycles. The third-order valence-corrected chi connectivity index (χ3v) is 6.70. The maximum absolute atomic E-state index is 6.55. The molecule has 3 aromatic rings. The minimum Gasteiger partial charge on any atom is -0.381 e. The van der Waals surface area contributed by atoms with Crippen molar-refractivity contribution in [2.24, 2.45) is 0 Å². The molecule has 0 radical (unpaired) electrons. The highest BCUT2D eigenvalue weighted by atomic mass is 35.5. The highest BCUT2D eigenvalue weighted by Crippen LogP contribution is 2.42. The van der Waals surface area contributed by atoms with Gasteiger partial charge in [0.1, 0.15) is 5.82 Å². The van der Waals surface area contributed by atoms with Crippen LogP contribution < -0.4 is 4.90 Å². The fourth-order valence-electron chi connectivity index (χ4n) is 4.64. The second-order valence-corrected chi connectivity index (χ2v) is 8.13. The predicted molar refractivity (Wildman–Crippen MR) is 108 cm³/mol. The molecule has 2 saturated heterocycles. The van der Waals surface area contributed by atoms with E-state index < -0.39 is 0 Å². The summed E-state index contributed by atoms with van der Waals surface area (Å²) in [5.74, 6) is 0.956. The molecule has 5 nitrogen and oxygen atoms in total. The van der Waals surface area contributed by atoms with Crippen molar-refractivity contribution < 1.29 is 4.74 Å².